The fraction of sp³-hybridized carbons (Fsp3) is 0.476. The highest BCUT2D eigenvalue weighted by atomic mass is 32.2. The van der Waals surface area contributed by atoms with Crippen LogP contribution in [0.2, 0.25) is 0 Å². The molecule has 2 fully saturated rings. The lowest BCUT2D eigenvalue weighted by Crippen LogP contribution is -2.38. The Balaban J connectivity index is 1.72. The van der Waals surface area contributed by atoms with Crippen molar-refractivity contribution < 1.29 is 4.21 Å². The van der Waals surface area contributed by atoms with Crippen molar-refractivity contribution in [3.63, 3.8) is 0 Å². The molecule has 0 unspecified atom stereocenters. The maximum atomic E-state index is 12.8. The van der Waals surface area contributed by atoms with Gasteiger partial charge < -0.3 is 9.88 Å². The number of rotatable bonds is 4. The number of pyridine rings is 1. The van der Waals surface area contributed by atoms with Crippen LogP contribution in [0.15, 0.2) is 30.6 Å². The number of piperidine rings is 1. The van der Waals surface area contributed by atoms with Gasteiger partial charge in [-0.1, -0.05) is 0 Å². The normalized spacial score (nSPS) is 23.1. The number of fused-ring (bicyclic) bond motifs is 1. The first-order valence-electron chi connectivity index (χ1n) is 10.2. The topological polar surface area (TPSA) is 98.6 Å². The number of aromatic amines is 1. The van der Waals surface area contributed by atoms with Gasteiger partial charge in [0.15, 0.2) is 5.82 Å². The molecule has 4 heterocycles. The number of H-pyrrole nitrogens is 1. The van der Waals surface area contributed by atoms with Crippen molar-refractivity contribution in [3.05, 3.63) is 36.3 Å². The molecule has 0 spiro atoms. The van der Waals surface area contributed by atoms with Crippen LogP contribution in [0.5, 0.6) is 0 Å². The molecule has 7 nitrogen and oxygen atoms in total. The van der Waals surface area contributed by atoms with Crippen LogP contribution in [0.3, 0.4) is 0 Å². The van der Waals surface area contributed by atoms with Crippen LogP contribution in [-0.2, 0) is 14.5 Å². The molecule has 3 aromatic heterocycles. The van der Waals surface area contributed by atoms with Crippen molar-refractivity contribution in [1.29, 1.82) is 4.78 Å². The SMILES string of the molecule is C[C@@H]1CCCCN1c1cc(C2([S@](C)(=N)=O)CC2)nc(-c2ccnc3[nH]ccc23)n1. The van der Waals surface area contributed by atoms with Gasteiger partial charge in [0.05, 0.1) is 20.2 Å². The lowest BCUT2D eigenvalue weighted by Gasteiger charge is -2.35. The van der Waals surface area contributed by atoms with Gasteiger partial charge in [-0.05, 0) is 51.2 Å². The van der Waals surface area contributed by atoms with Crippen LogP contribution >= 0.6 is 0 Å². The van der Waals surface area contributed by atoms with Gasteiger partial charge in [0.1, 0.15) is 11.5 Å². The van der Waals surface area contributed by atoms with E-state index in [2.05, 4.69) is 21.8 Å². The van der Waals surface area contributed by atoms with Gasteiger partial charge in [-0.15, -0.1) is 0 Å². The number of aromatic nitrogens is 4. The molecule has 29 heavy (non-hydrogen) atoms. The van der Waals surface area contributed by atoms with Crippen molar-refractivity contribution in [3.8, 4) is 11.4 Å². The van der Waals surface area contributed by atoms with Gasteiger partial charge in [-0.25, -0.2) is 19.2 Å². The number of nitrogens with one attached hydrogen (secondary N) is 2. The number of hydrogen-bond acceptors (Lipinski definition) is 6. The number of nitrogens with zero attached hydrogens (tertiary/aromatic N) is 4. The molecule has 0 amide bonds. The van der Waals surface area contributed by atoms with E-state index in [1.165, 1.54) is 6.42 Å². The molecule has 1 saturated carbocycles. The highest BCUT2D eigenvalue weighted by Gasteiger charge is 2.53. The summed E-state index contributed by atoms with van der Waals surface area (Å²) in [5.74, 6) is 1.50. The minimum Gasteiger partial charge on any atom is -0.354 e. The van der Waals surface area contributed by atoms with E-state index >= 15 is 0 Å². The van der Waals surface area contributed by atoms with Crippen molar-refractivity contribution in [1.82, 2.24) is 19.9 Å². The molecule has 1 saturated heterocycles. The fourth-order valence-corrected chi connectivity index (χ4v) is 5.87. The Labute approximate surface area is 171 Å². The summed E-state index contributed by atoms with van der Waals surface area (Å²) < 4.78 is 20.5. The Kier molecular flexibility index (Phi) is 4.17. The number of hydrogen-bond donors (Lipinski definition) is 2. The highest BCUT2D eigenvalue weighted by Crippen LogP contribution is 2.52. The average Bonchev–Trinajstić information content (AvgIpc) is 3.39. The van der Waals surface area contributed by atoms with Crippen molar-refractivity contribution in [2.75, 3.05) is 17.7 Å². The standard InChI is InChI=1S/C21H26N6OS/c1-14-5-3-4-12-27(14)18-13-17(21(8-9-21)29(2,22)28)25-20(26-18)16-7-11-24-19-15(16)6-10-23-19/h6-7,10-11,13-14,22H,3-5,8-9,12H2,1-2H3,(H,23,24)/t14-,29-/m1/s1. The quantitative estimate of drug-likeness (QED) is 0.676. The molecule has 0 bridgehead atoms. The monoisotopic (exact) mass is 410 g/mol. The summed E-state index contributed by atoms with van der Waals surface area (Å²) in [5, 5.41) is 0.968. The lowest BCUT2D eigenvalue weighted by molar-refractivity contribution is 0.481. The predicted molar refractivity (Wildman–Crippen MR) is 115 cm³/mol. The van der Waals surface area contributed by atoms with Crippen LogP contribution in [0, 0.1) is 4.78 Å². The van der Waals surface area contributed by atoms with Gasteiger partial charge in [0.25, 0.3) is 0 Å². The van der Waals surface area contributed by atoms with E-state index in [-0.39, 0.29) is 0 Å². The molecular weight excluding hydrogens is 384 g/mol. The van der Waals surface area contributed by atoms with Gasteiger partial charge in [-0.2, -0.15) is 0 Å². The molecule has 3 aromatic rings. The molecule has 0 radical (unpaired) electrons. The van der Waals surface area contributed by atoms with Crippen molar-refractivity contribution >= 4 is 26.6 Å². The summed E-state index contributed by atoms with van der Waals surface area (Å²) in [4.78, 5) is 19.7. The highest BCUT2D eigenvalue weighted by molar-refractivity contribution is 7.92. The minimum atomic E-state index is -2.76. The van der Waals surface area contributed by atoms with E-state index in [4.69, 9.17) is 14.7 Å². The lowest BCUT2D eigenvalue weighted by atomic mass is 10.0. The van der Waals surface area contributed by atoms with Gasteiger partial charge in [0, 0.05) is 48.3 Å². The molecule has 2 aliphatic rings. The second-order valence-electron chi connectivity index (χ2n) is 8.41. The molecule has 152 valence electrons. The van der Waals surface area contributed by atoms with Crippen LogP contribution < -0.4 is 4.90 Å². The molecule has 0 aromatic carbocycles. The smallest absolute Gasteiger partial charge is 0.162 e. The third kappa shape index (κ3) is 3.01. The van der Waals surface area contributed by atoms with E-state index in [0.29, 0.717) is 11.9 Å². The molecule has 2 atom stereocenters. The van der Waals surface area contributed by atoms with E-state index in [9.17, 15) is 4.21 Å². The molecule has 2 N–H and O–H groups in total. The molecule has 8 heteroatoms. The van der Waals surface area contributed by atoms with Crippen molar-refractivity contribution in [2.24, 2.45) is 0 Å². The first-order valence-corrected chi connectivity index (χ1v) is 12.2. The zero-order valence-corrected chi connectivity index (χ0v) is 17.6. The van der Waals surface area contributed by atoms with Crippen molar-refractivity contribution in [2.45, 2.75) is 49.8 Å². The van der Waals surface area contributed by atoms with Crippen LogP contribution in [-0.4, -0.2) is 43.0 Å². The third-order valence-corrected chi connectivity index (χ3v) is 8.54. The Bertz CT molecular complexity index is 1180. The first-order chi connectivity index (χ1) is 13.9. The zero-order valence-electron chi connectivity index (χ0n) is 16.8. The van der Waals surface area contributed by atoms with Gasteiger partial charge >= 0.3 is 0 Å². The van der Waals surface area contributed by atoms with E-state index in [1.807, 2.05) is 24.4 Å². The minimum absolute atomic E-state index is 0.404. The van der Waals surface area contributed by atoms with Gasteiger partial charge in [-0.3, -0.25) is 4.78 Å². The number of anilines is 1. The Morgan fingerprint density at radius 2 is 2.10 bits per heavy atom. The second-order valence-corrected chi connectivity index (χ2v) is 10.9. The van der Waals surface area contributed by atoms with E-state index in [0.717, 1.165) is 60.3 Å². The second kappa shape index (κ2) is 6.52. The molecule has 1 aliphatic carbocycles. The van der Waals surface area contributed by atoms with Gasteiger partial charge in [0.2, 0.25) is 0 Å². The predicted octanol–water partition coefficient (Wildman–Crippen LogP) is 4.06. The van der Waals surface area contributed by atoms with E-state index < -0.39 is 14.5 Å². The maximum Gasteiger partial charge on any atom is 0.162 e. The molecule has 1 aliphatic heterocycles. The third-order valence-electron chi connectivity index (χ3n) is 6.43. The largest absolute Gasteiger partial charge is 0.354 e. The zero-order chi connectivity index (χ0) is 20.2. The van der Waals surface area contributed by atoms with E-state index in [1.54, 1.807) is 12.5 Å². The molecular formula is C21H26N6OS. The summed E-state index contributed by atoms with van der Waals surface area (Å²) in [6.45, 7) is 3.19. The Morgan fingerprint density at radius 1 is 1.28 bits per heavy atom. The summed E-state index contributed by atoms with van der Waals surface area (Å²) in [6.07, 6.45) is 10.2. The Morgan fingerprint density at radius 3 is 2.83 bits per heavy atom. The summed E-state index contributed by atoms with van der Waals surface area (Å²) in [6, 6.07) is 6.31. The maximum absolute atomic E-state index is 12.8. The fourth-order valence-electron chi connectivity index (χ4n) is 4.49. The Hall–Kier alpha value is -2.48. The van der Waals surface area contributed by atoms with Crippen LogP contribution in [0.1, 0.15) is 44.7 Å². The van der Waals surface area contributed by atoms with Crippen LogP contribution in [0.25, 0.3) is 22.4 Å². The van der Waals surface area contributed by atoms with Crippen LogP contribution in [0.4, 0.5) is 5.82 Å². The summed E-state index contributed by atoms with van der Waals surface area (Å²) >= 11 is 0. The summed E-state index contributed by atoms with van der Waals surface area (Å²) in [7, 11) is -2.76. The molecule has 5 rings (SSSR count). The average molecular weight is 411 g/mol. The first kappa shape index (κ1) is 18.5. The summed E-state index contributed by atoms with van der Waals surface area (Å²) in [5.41, 5.74) is 2.45.